The van der Waals surface area contributed by atoms with Crippen LogP contribution in [0.2, 0.25) is 0 Å². The Kier molecular flexibility index (Phi) is 3.65. The molecule has 0 amide bonds. The first-order valence-electron chi connectivity index (χ1n) is 6.32. The van der Waals surface area contributed by atoms with Gasteiger partial charge in [0.1, 0.15) is 5.41 Å². The summed E-state index contributed by atoms with van der Waals surface area (Å²) in [7, 11) is 0. The fourth-order valence-corrected chi connectivity index (χ4v) is 2.48. The first-order valence-corrected chi connectivity index (χ1v) is 6.32. The molecule has 0 aromatic heterocycles. The summed E-state index contributed by atoms with van der Waals surface area (Å²) < 4.78 is 0. The van der Waals surface area contributed by atoms with Gasteiger partial charge in [0.05, 0.1) is 12.1 Å². The van der Waals surface area contributed by atoms with Gasteiger partial charge in [0.25, 0.3) is 0 Å². The van der Waals surface area contributed by atoms with Crippen LogP contribution >= 0.6 is 0 Å². The minimum Gasteiger partial charge on any atom is -0.296 e. The van der Waals surface area contributed by atoms with Crippen molar-refractivity contribution in [2.75, 3.05) is 13.1 Å². The Morgan fingerprint density at radius 1 is 1.11 bits per heavy atom. The van der Waals surface area contributed by atoms with Crippen LogP contribution < -0.4 is 0 Å². The Morgan fingerprint density at radius 3 is 2.17 bits per heavy atom. The molecular formula is C15H17N3. The van der Waals surface area contributed by atoms with E-state index in [1.54, 1.807) is 0 Å². The van der Waals surface area contributed by atoms with Gasteiger partial charge in [0.15, 0.2) is 0 Å². The fourth-order valence-electron chi connectivity index (χ4n) is 2.48. The van der Waals surface area contributed by atoms with E-state index in [0.29, 0.717) is 18.9 Å². The largest absolute Gasteiger partial charge is 0.296 e. The number of hydrogen-bond acceptors (Lipinski definition) is 3. The third kappa shape index (κ3) is 2.37. The van der Waals surface area contributed by atoms with Crippen molar-refractivity contribution in [3.05, 3.63) is 35.9 Å². The van der Waals surface area contributed by atoms with Gasteiger partial charge in [-0.2, -0.15) is 10.5 Å². The topological polar surface area (TPSA) is 50.8 Å². The predicted octanol–water partition coefficient (Wildman–Crippen LogP) is 2.88. The molecule has 0 radical (unpaired) electrons. The quantitative estimate of drug-likeness (QED) is 0.797. The highest BCUT2D eigenvalue weighted by Gasteiger charge is 2.36. The van der Waals surface area contributed by atoms with E-state index in [4.69, 9.17) is 10.5 Å². The van der Waals surface area contributed by atoms with Gasteiger partial charge in [-0.3, -0.25) is 4.90 Å². The zero-order chi connectivity index (χ0) is 13.0. The highest BCUT2D eigenvalue weighted by molar-refractivity contribution is 5.20. The van der Waals surface area contributed by atoms with Crippen molar-refractivity contribution in [3.63, 3.8) is 0 Å². The zero-order valence-electron chi connectivity index (χ0n) is 10.6. The van der Waals surface area contributed by atoms with E-state index in [1.165, 1.54) is 5.56 Å². The lowest BCUT2D eigenvalue weighted by Crippen LogP contribution is -2.40. The summed E-state index contributed by atoms with van der Waals surface area (Å²) in [6.45, 7) is 3.81. The minimum absolute atomic E-state index is 0.349. The highest BCUT2D eigenvalue weighted by Crippen LogP contribution is 2.33. The number of piperidine rings is 1. The number of likely N-dealkylation sites (tertiary alicyclic amines) is 1. The van der Waals surface area contributed by atoms with Gasteiger partial charge >= 0.3 is 0 Å². The van der Waals surface area contributed by atoms with Crippen LogP contribution in [-0.4, -0.2) is 18.0 Å². The molecule has 3 heteroatoms. The molecule has 1 atom stereocenters. The Bertz CT molecular complexity index is 457. The van der Waals surface area contributed by atoms with E-state index < -0.39 is 5.41 Å². The summed E-state index contributed by atoms with van der Waals surface area (Å²) in [5.74, 6) is 0. The van der Waals surface area contributed by atoms with Gasteiger partial charge in [0, 0.05) is 19.1 Å². The van der Waals surface area contributed by atoms with Crippen LogP contribution in [0.25, 0.3) is 0 Å². The number of rotatable bonds is 2. The van der Waals surface area contributed by atoms with Crippen LogP contribution in [0.15, 0.2) is 30.3 Å². The molecule has 1 fully saturated rings. The molecule has 0 N–H and O–H groups in total. The molecule has 1 aliphatic rings. The minimum atomic E-state index is -0.757. The molecule has 2 rings (SSSR count). The smallest absolute Gasteiger partial charge is 0.146 e. The average Bonchev–Trinajstić information content (AvgIpc) is 2.47. The van der Waals surface area contributed by atoms with Crippen LogP contribution in [-0.2, 0) is 0 Å². The summed E-state index contributed by atoms with van der Waals surface area (Å²) in [6.07, 6.45) is 1.30. The van der Waals surface area contributed by atoms with Gasteiger partial charge in [-0.05, 0) is 25.3 Å². The number of hydrogen-bond donors (Lipinski definition) is 0. The summed E-state index contributed by atoms with van der Waals surface area (Å²) in [4.78, 5) is 2.35. The van der Waals surface area contributed by atoms with E-state index in [1.807, 2.05) is 18.2 Å². The Hall–Kier alpha value is -1.84. The van der Waals surface area contributed by atoms with Crippen molar-refractivity contribution in [1.82, 2.24) is 4.90 Å². The Balaban J connectivity index is 2.03. The molecule has 0 spiro atoms. The standard InChI is InChI=1S/C15H17N3/c1-13(14-5-3-2-4-6-14)18-9-7-15(11-16,12-17)8-10-18/h2-6,13H,7-10H2,1H3. The summed E-state index contributed by atoms with van der Waals surface area (Å²) in [5.41, 5.74) is 0.534. The molecule has 1 aliphatic heterocycles. The lowest BCUT2D eigenvalue weighted by Gasteiger charge is -2.37. The van der Waals surface area contributed by atoms with E-state index in [2.05, 4.69) is 36.1 Å². The molecule has 1 aromatic rings. The molecule has 1 saturated heterocycles. The van der Waals surface area contributed by atoms with Gasteiger partial charge in [-0.1, -0.05) is 30.3 Å². The van der Waals surface area contributed by atoms with Crippen LogP contribution in [0.4, 0.5) is 0 Å². The molecule has 92 valence electrons. The van der Waals surface area contributed by atoms with Crippen molar-refractivity contribution in [2.24, 2.45) is 5.41 Å². The van der Waals surface area contributed by atoms with E-state index in [-0.39, 0.29) is 0 Å². The first-order chi connectivity index (χ1) is 8.71. The van der Waals surface area contributed by atoms with Gasteiger partial charge in [0.2, 0.25) is 0 Å². The molecule has 0 bridgehead atoms. The maximum absolute atomic E-state index is 9.09. The summed E-state index contributed by atoms with van der Waals surface area (Å²) >= 11 is 0. The van der Waals surface area contributed by atoms with Crippen LogP contribution in [0.3, 0.4) is 0 Å². The zero-order valence-corrected chi connectivity index (χ0v) is 10.6. The number of nitrogens with zero attached hydrogens (tertiary/aromatic N) is 3. The molecule has 3 nitrogen and oxygen atoms in total. The average molecular weight is 239 g/mol. The number of nitriles is 2. The first kappa shape index (κ1) is 12.6. The Labute approximate surface area is 108 Å². The number of benzene rings is 1. The monoisotopic (exact) mass is 239 g/mol. The Morgan fingerprint density at radius 2 is 1.67 bits per heavy atom. The molecule has 0 aliphatic carbocycles. The maximum atomic E-state index is 9.09. The van der Waals surface area contributed by atoms with Crippen molar-refractivity contribution in [3.8, 4) is 12.1 Å². The second-order valence-electron chi connectivity index (χ2n) is 4.93. The molecule has 1 heterocycles. The third-order valence-corrected chi connectivity index (χ3v) is 3.91. The molecular weight excluding hydrogens is 222 g/mol. The molecule has 1 unspecified atom stereocenters. The van der Waals surface area contributed by atoms with Crippen molar-refractivity contribution >= 4 is 0 Å². The summed E-state index contributed by atoms with van der Waals surface area (Å²) in [5, 5.41) is 18.2. The summed E-state index contributed by atoms with van der Waals surface area (Å²) in [6, 6.07) is 15.1. The van der Waals surface area contributed by atoms with Gasteiger partial charge in [-0.15, -0.1) is 0 Å². The molecule has 18 heavy (non-hydrogen) atoms. The lowest BCUT2D eigenvalue weighted by atomic mass is 9.81. The molecule has 1 aromatic carbocycles. The second-order valence-corrected chi connectivity index (χ2v) is 4.93. The van der Waals surface area contributed by atoms with Crippen molar-refractivity contribution in [2.45, 2.75) is 25.8 Å². The molecule has 0 saturated carbocycles. The second kappa shape index (κ2) is 5.21. The third-order valence-electron chi connectivity index (χ3n) is 3.91. The van der Waals surface area contributed by atoms with E-state index in [9.17, 15) is 0 Å². The van der Waals surface area contributed by atoms with Crippen LogP contribution in [0.5, 0.6) is 0 Å². The SMILES string of the molecule is CC(c1ccccc1)N1CCC(C#N)(C#N)CC1. The van der Waals surface area contributed by atoms with E-state index in [0.717, 1.165) is 13.1 Å². The van der Waals surface area contributed by atoms with Crippen LogP contribution in [0, 0.1) is 28.1 Å². The van der Waals surface area contributed by atoms with Crippen LogP contribution in [0.1, 0.15) is 31.4 Å². The maximum Gasteiger partial charge on any atom is 0.146 e. The van der Waals surface area contributed by atoms with Crippen molar-refractivity contribution < 1.29 is 0 Å². The normalized spacial score (nSPS) is 20.6. The van der Waals surface area contributed by atoms with Gasteiger partial charge in [-0.25, -0.2) is 0 Å². The van der Waals surface area contributed by atoms with E-state index >= 15 is 0 Å². The van der Waals surface area contributed by atoms with Gasteiger partial charge < -0.3 is 0 Å². The highest BCUT2D eigenvalue weighted by atomic mass is 15.2. The predicted molar refractivity (Wildman–Crippen MR) is 69.3 cm³/mol. The lowest BCUT2D eigenvalue weighted by molar-refractivity contribution is 0.135. The van der Waals surface area contributed by atoms with Crippen molar-refractivity contribution in [1.29, 1.82) is 10.5 Å². The fraction of sp³-hybridized carbons (Fsp3) is 0.467.